The van der Waals surface area contributed by atoms with Gasteiger partial charge in [0.2, 0.25) is 0 Å². The van der Waals surface area contributed by atoms with Gasteiger partial charge in [-0.05, 0) is 45.8 Å². The Morgan fingerprint density at radius 2 is 1.29 bits per heavy atom. The van der Waals surface area contributed by atoms with Gasteiger partial charge in [0, 0.05) is 38.3 Å². The first-order chi connectivity index (χ1) is 10.3. The number of carboxylic acids is 1. The first-order valence-electron chi connectivity index (χ1n) is 7.36. The number of carbonyl (C=O) groups is 2. The van der Waals surface area contributed by atoms with E-state index in [1.807, 2.05) is 0 Å². The molecule has 1 rings (SSSR count). The van der Waals surface area contributed by atoms with Crippen molar-refractivity contribution < 1.29 is 55.6 Å². The summed E-state index contributed by atoms with van der Waals surface area (Å²) in [6.07, 6.45) is 0. The van der Waals surface area contributed by atoms with Crippen LogP contribution in [0.5, 0.6) is 0 Å². The number of aliphatic carboxylic acids is 1. The SMILES string of the molecule is C[Si](O[Si](C)(C)C)O[Si](C)(C)C.O=C(O)C(=O)c1ccccc1.[Y]. The molecule has 0 bridgehead atoms. The summed E-state index contributed by atoms with van der Waals surface area (Å²) in [4.78, 5) is 20.9. The van der Waals surface area contributed by atoms with Crippen LogP contribution >= 0.6 is 0 Å². The van der Waals surface area contributed by atoms with Crippen LogP contribution in [0.25, 0.3) is 0 Å². The molecule has 5 nitrogen and oxygen atoms in total. The minimum Gasteiger partial charge on any atom is -0.475 e. The van der Waals surface area contributed by atoms with E-state index in [1.165, 1.54) is 12.1 Å². The van der Waals surface area contributed by atoms with Gasteiger partial charge in [0.15, 0.2) is 16.6 Å². The largest absolute Gasteiger partial charge is 0.475 e. The summed E-state index contributed by atoms with van der Waals surface area (Å²) in [5.74, 6) is -2.29. The molecular weight excluding hydrogens is 433 g/mol. The second-order valence-corrected chi connectivity index (χ2v) is 18.0. The third-order valence-corrected chi connectivity index (χ3v) is 9.33. The molecule has 0 amide bonds. The smallest absolute Gasteiger partial charge is 0.377 e. The van der Waals surface area contributed by atoms with Crippen LogP contribution in [0.2, 0.25) is 45.8 Å². The Morgan fingerprint density at radius 3 is 1.58 bits per heavy atom. The van der Waals surface area contributed by atoms with Gasteiger partial charge in [0.05, 0.1) is 0 Å². The normalized spacial score (nSPS) is 11.2. The van der Waals surface area contributed by atoms with Gasteiger partial charge in [0.25, 0.3) is 5.78 Å². The number of hydrogen-bond acceptors (Lipinski definition) is 4. The number of hydrogen-bond donors (Lipinski definition) is 1. The number of carboxylic acid groups (broad SMARTS) is 1. The molecule has 0 unspecified atom stereocenters. The van der Waals surface area contributed by atoms with Gasteiger partial charge >= 0.3 is 15.3 Å². The standard InChI is InChI=1S/C8H6O3.C7H21O2Si3.Y/c9-7(8(10)11)6-4-2-1-3-5-6;1-10(8-11(2,3)4)9-12(5,6)7;/h1-5H,(H,10,11);1-7H3;. The van der Waals surface area contributed by atoms with Crippen LogP contribution in [-0.2, 0) is 45.7 Å². The summed E-state index contributed by atoms with van der Waals surface area (Å²) < 4.78 is 11.7. The fraction of sp³-hybridized carbons (Fsp3) is 0.467. The van der Waals surface area contributed by atoms with Crippen LogP contribution in [0.3, 0.4) is 0 Å². The second-order valence-electron chi connectivity index (χ2n) is 6.92. The van der Waals surface area contributed by atoms with Crippen molar-refractivity contribution in [2.45, 2.75) is 45.8 Å². The van der Waals surface area contributed by atoms with Gasteiger partial charge in [-0.25, -0.2) is 4.79 Å². The predicted molar refractivity (Wildman–Crippen MR) is 98.9 cm³/mol. The van der Waals surface area contributed by atoms with E-state index in [0.717, 1.165) is 0 Å². The Labute approximate surface area is 174 Å². The second kappa shape index (κ2) is 11.6. The molecule has 0 aliphatic heterocycles. The van der Waals surface area contributed by atoms with Gasteiger partial charge < -0.3 is 13.3 Å². The number of ketones is 1. The van der Waals surface area contributed by atoms with Crippen molar-refractivity contribution in [2.75, 3.05) is 0 Å². The summed E-state index contributed by atoms with van der Waals surface area (Å²) >= 11 is 0. The third-order valence-electron chi connectivity index (χ3n) is 2.13. The van der Waals surface area contributed by atoms with Crippen molar-refractivity contribution in [2.24, 2.45) is 0 Å². The van der Waals surface area contributed by atoms with E-state index in [0.29, 0.717) is 0 Å². The molecule has 0 spiro atoms. The molecule has 1 aromatic rings. The topological polar surface area (TPSA) is 72.8 Å². The van der Waals surface area contributed by atoms with E-state index in [1.54, 1.807) is 18.2 Å². The summed E-state index contributed by atoms with van der Waals surface area (Å²) in [5.41, 5.74) is 0.208. The molecule has 0 heterocycles. The van der Waals surface area contributed by atoms with E-state index in [4.69, 9.17) is 13.3 Å². The summed E-state index contributed by atoms with van der Waals surface area (Å²) in [6, 6.07) is 7.90. The molecule has 0 saturated carbocycles. The molecule has 24 heavy (non-hydrogen) atoms. The van der Waals surface area contributed by atoms with Crippen LogP contribution in [0.1, 0.15) is 10.4 Å². The first kappa shape index (κ1) is 26.3. The van der Waals surface area contributed by atoms with Crippen LogP contribution in [0.4, 0.5) is 0 Å². The Kier molecular flexibility index (Phi) is 12.7. The fourth-order valence-electron chi connectivity index (χ4n) is 1.60. The molecule has 0 atom stereocenters. The van der Waals surface area contributed by atoms with Crippen molar-refractivity contribution in [3.63, 3.8) is 0 Å². The summed E-state index contributed by atoms with van der Waals surface area (Å²) in [5, 5.41) is 8.29. The molecule has 0 aliphatic carbocycles. The minimum atomic E-state index is -1.42. The molecular formula is C15H27O5Si3Y. The first-order valence-corrected chi connectivity index (χ1v) is 16.0. The predicted octanol–water partition coefficient (Wildman–Crippen LogP) is 3.76. The van der Waals surface area contributed by atoms with Gasteiger partial charge in [-0.15, -0.1) is 0 Å². The third kappa shape index (κ3) is 14.4. The van der Waals surface area contributed by atoms with Crippen molar-refractivity contribution in [3.05, 3.63) is 35.9 Å². The molecule has 1 N–H and O–H groups in total. The number of benzene rings is 1. The van der Waals surface area contributed by atoms with E-state index in [2.05, 4.69) is 45.8 Å². The van der Waals surface area contributed by atoms with Crippen LogP contribution < -0.4 is 0 Å². The van der Waals surface area contributed by atoms with Crippen molar-refractivity contribution in [1.29, 1.82) is 0 Å². The molecule has 2 radical (unpaired) electrons. The zero-order valence-corrected chi connectivity index (χ0v) is 21.4. The maximum atomic E-state index is 10.7. The number of rotatable bonds is 6. The molecule has 0 aliphatic rings. The zero-order chi connectivity index (χ0) is 18.3. The molecule has 9 heteroatoms. The van der Waals surface area contributed by atoms with Crippen molar-refractivity contribution in [1.82, 2.24) is 0 Å². The Bertz CT molecular complexity index is 496. The van der Waals surface area contributed by atoms with Gasteiger partial charge in [-0.3, -0.25) is 4.79 Å². The van der Waals surface area contributed by atoms with E-state index in [-0.39, 0.29) is 38.3 Å². The van der Waals surface area contributed by atoms with Crippen LogP contribution in [-0.4, -0.2) is 42.8 Å². The van der Waals surface area contributed by atoms with E-state index >= 15 is 0 Å². The molecule has 0 saturated heterocycles. The van der Waals surface area contributed by atoms with Crippen molar-refractivity contribution in [3.8, 4) is 0 Å². The average molecular weight is 461 g/mol. The summed E-state index contributed by atoms with van der Waals surface area (Å²) in [7, 11) is -3.74. The maximum absolute atomic E-state index is 10.7. The Hall–Kier alpha value is 0.0345. The van der Waals surface area contributed by atoms with Gasteiger partial charge in [-0.1, -0.05) is 30.3 Å². The van der Waals surface area contributed by atoms with E-state index < -0.39 is 37.7 Å². The average Bonchev–Trinajstić information content (AvgIpc) is 2.35. The molecule has 0 aromatic heterocycles. The molecule has 1 aromatic carbocycles. The Balaban J connectivity index is 0. The fourth-order valence-corrected chi connectivity index (χ4v) is 9.04. The number of Topliss-reactive ketones (excluding diaryl/α,β-unsaturated/α-hetero) is 1. The van der Waals surface area contributed by atoms with Crippen molar-refractivity contribution >= 4 is 37.7 Å². The van der Waals surface area contributed by atoms with E-state index in [9.17, 15) is 9.59 Å². The van der Waals surface area contributed by atoms with Crippen LogP contribution in [0.15, 0.2) is 30.3 Å². The summed E-state index contributed by atoms with van der Waals surface area (Å²) in [6.45, 7) is 15.3. The Morgan fingerprint density at radius 1 is 0.917 bits per heavy atom. The van der Waals surface area contributed by atoms with Gasteiger partial charge in [0.1, 0.15) is 0 Å². The maximum Gasteiger partial charge on any atom is 0.377 e. The monoisotopic (exact) mass is 460 g/mol. The zero-order valence-electron chi connectivity index (χ0n) is 15.5. The van der Waals surface area contributed by atoms with Crippen LogP contribution in [0, 0.1) is 0 Å². The molecule has 132 valence electrons. The number of carbonyl (C=O) groups excluding carboxylic acids is 1. The quantitative estimate of drug-likeness (QED) is 0.398. The molecule has 0 fully saturated rings. The van der Waals surface area contributed by atoms with Gasteiger partial charge in [-0.2, -0.15) is 0 Å². The minimum absolute atomic E-state index is 0.